The van der Waals surface area contributed by atoms with E-state index in [9.17, 15) is 4.79 Å². The van der Waals surface area contributed by atoms with Crippen molar-refractivity contribution in [2.24, 2.45) is 0 Å². The quantitative estimate of drug-likeness (QED) is 0.397. The summed E-state index contributed by atoms with van der Waals surface area (Å²) in [7, 11) is 0. The van der Waals surface area contributed by atoms with Gasteiger partial charge in [0.05, 0.1) is 16.3 Å². The Labute approximate surface area is 181 Å². The third kappa shape index (κ3) is 5.41. The summed E-state index contributed by atoms with van der Waals surface area (Å²) in [6, 6.07) is 17.7. The van der Waals surface area contributed by atoms with Crippen LogP contribution in [0.5, 0.6) is 5.75 Å². The molecule has 0 unspecified atom stereocenters. The van der Waals surface area contributed by atoms with Crippen LogP contribution in [0.15, 0.2) is 65.1 Å². The zero-order chi connectivity index (χ0) is 20.1. The Bertz CT molecular complexity index is 993. The molecule has 0 heterocycles. The van der Waals surface area contributed by atoms with Gasteiger partial charge in [-0.1, -0.05) is 51.3 Å². The highest BCUT2D eigenvalue weighted by atomic mass is 79.9. The number of aromatic carboxylic acids is 1. The van der Waals surface area contributed by atoms with Gasteiger partial charge < -0.3 is 15.2 Å². The average molecular weight is 481 g/mol. The van der Waals surface area contributed by atoms with Crippen molar-refractivity contribution < 1.29 is 14.6 Å². The molecular weight excluding hydrogens is 465 g/mol. The van der Waals surface area contributed by atoms with Crippen LogP contribution in [-0.2, 0) is 13.2 Å². The van der Waals surface area contributed by atoms with Gasteiger partial charge in [0.2, 0.25) is 0 Å². The van der Waals surface area contributed by atoms with Gasteiger partial charge in [0.15, 0.2) is 0 Å². The highest BCUT2D eigenvalue weighted by molar-refractivity contribution is 9.10. The first-order valence-corrected chi connectivity index (χ1v) is 9.89. The second kappa shape index (κ2) is 9.32. The van der Waals surface area contributed by atoms with E-state index >= 15 is 0 Å². The van der Waals surface area contributed by atoms with Gasteiger partial charge in [0.1, 0.15) is 12.4 Å². The molecule has 0 saturated carbocycles. The fraction of sp³-hybridized carbons (Fsp3) is 0.0952. The Morgan fingerprint density at radius 2 is 1.79 bits per heavy atom. The minimum Gasteiger partial charge on any atom is -0.489 e. The number of rotatable bonds is 7. The number of hydrogen-bond acceptors (Lipinski definition) is 3. The molecule has 28 heavy (non-hydrogen) atoms. The minimum atomic E-state index is -1.01. The van der Waals surface area contributed by atoms with Crippen LogP contribution >= 0.6 is 39.1 Å². The Hall–Kier alpha value is -2.21. The van der Waals surface area contributed by atoms with Gasteiger partial charge in [-0.25, -0.2) is 4.79 Å². The summed E-state index contributed by atoms with van der Waals surface area (Å²) in [4.78, 5) is 11.2. The molecule has 0 radical (unpaired) electrons. The molecule has 144 valence electrons. The number of carboxylic acids is 1. The minimum absolute atomic E-state index is 0.167. The van der Waals surface area contributed by atoms with Gasteiger partial charge in [-0.2, -0.15) is 0 Å². The highest BCUT2D eigenvalue weighted by Gasteiger charge is 2.10. The van der Waals surface area contributed by atoms with Gasteiger partial charge in [-0.05, 0) is 54.1 Å². The molecule has 2 N–H and O–H groups in total. The predicted molar refractivity (Wildman–Crippen MR) is 116 cm³/mol. The van der Waals surface area contributed by atoms with Crippen molar-refractivity contribution in [1.29, 1.82) is 0 Å². The van der Waals surface area contributed by atoms with Crippen LogP contribution in [0.4, 0.5) is 5.69 Å². The lowest BCUT2D eigenvalue weighted by atomic mass is 10.1. The summed E-state index contributed by atoms with van der Waals surface area (Å²) < 4.78 is 6.88. The van der Waals surface area contributed by atoms with Gasteiger partial charge in [-0.15, -0.1) is 0 Å². The van der Waals surface area contributed by atoms with Crippen LogP contribution in [0.2, 0.25) is 10.0 Å². The fourth-order valence-electron chi connectivity index (χ4n) is 2.55. The van der Waals surface area contributed by atoms with E-state index in [0.29, 0.717) is 28.9 Å². The molecule has 4 nitrogen and oxygen atoms in total. The van der Waals surface area contributed by atoms with E-state index < -0.39 is 5.97 Å². The first-order chi connectivity index (χ1) is 13.4. The monoisotopic (exact) mass is 479 g/mol. The van der Waals surface area contributed by atoms with Crippen molar-refractivity contribution in [3.63, 3.8) is 0 Å². The maximum atomic E-state index is 11.2. The standard InChI is InChI=1S/C21H16BrCl2NO3/c22-16-4-8-20(28-12-13-1-5-17(23)6-2-13)15(9-16)11-25-19-10-14(21(26)27)3-7-18(19)24/h1-10,25H,11-12H2,(H,26,27). The largest absolute Gasteiger partial charge is 0.489 e. The Morgan fingerprint density at radius 1 is 1.04 bits per heavy atom. The van der Waals surface area contributed by atoms with Crippen LogP contribution in [0.1, 0.15) is 21.5 Å². The van der Waals surface area contributed by atoms with Gasteiger partial charge in [-0.3, -0.25) is 0 Å². The van der Waals surface area contributed by atoms with E-state index in [1.165, 1.54) is 12.1 Å². The second-order valence-electron chi connectivity index (χ2n) is 6.02. The molecule has 0 amide bonds. The van der Waals surface area contributed by atoms with Crippen LogP contribution < -0.4 is 10.1 Å². The zero-order valence-electron chi connectivity index (χ0n) is 14.6. The number of benzene rings is 3. The molecule has 0 aromatic heterocycles. The molecule has 0 aliphatic rings. The number of hydrogen-bond donors (Lipinski definition) is 2. The molecule has 0 saturated heterocycles. The van der Waals surface area contributed by atoms with Crippen molar-refractivity contribution >= 4 is 50.8 Å². The number of ether oxygens (including phenoxy) is 1. The van der Waals surface area contributed by atoms with E-state index in [1.54, 1.807) is 6.07 Å². The average Bonchev–Trinajstić information content (AvgIpc) is 2.67. The first kappa shape index (κ1) is 20.5. The number of carboxylic acid groups (broad SMARTS) is 1. The lowest BCUT2D eigenvalue weighted by molar-refractivity contribution is 0.0697. The highest BCUT2D eigenvalue weighted by Crippen LogP contribution is 2.28. The van der Waals surface area contributed by atoms with Crippen LogP contribution in [0.25, 0.3) is 0 Å². The maximum absolute atomic E-state index is 11.2. The second-order valence-corrected chi connectivity index (χ2v) is 7.78. The first-order valence-electron chi connectivity index (χ1n) is 8.35. The van der Waals surface area contributed by atoms with Crippen molar-refractivity contribution in [3.8, 4) is 5.75 Å². The van der Waals surface area contributed by atoms with Gasteiger partial charge >= 0.3 is 5.97 Å². The molecule has 3 rings (SSSR count). The summed E-state index contributed by atoms with van der Waals surface area (Å²) in [5.41, 5.74) is 2.62. The van der Waals surface area contributed by atoms with Crippen LogP contribution in [0.3, 0.4) is 0 Å². The van der Waals surface area contributed by atoms with E-state index in [2.05, 4.69) is 21.2 Å². The summed E-state index contributed by atoms with van der Waals surface area (Å²) in [5, 5.41) is 13.5. The van der Waals surface area contributed by atoms with E-state index in [1.807, 2.05) is 42.5 Å². The molecule has 3 aromatic rings. The lowest BCUT2D eigenvalue weighted by Gasteiger charge is -2.14. The van der Waals surface area contributed by atoms with Crippen LogP contribution in [-0.4, -0.2) is 11.1 Å². The van der Waals surface area contributed by atoms with Gasteiger partial charge in [0, 0.05) is 21.6 Å². The number of nitrogens with one attached hydrogen (secondary N) is 1. The SMILES string of the molecule is O=C(O)c1ccc(Cl)c(NCc2cc(Br)ccc2OCc2ccc(Cl)cc2)c1. The number of anilines is 1. The van der Waals surface area contributed by atoms with Crippen molar-refractivity contribution in [2.45, 2.75) is 13.2 Å². The van der Waals surface area contributed by atoms with Crippen molar-refractivity contribution in [1.82, 2.24) is 0 Å². The number of carbonyl (C=O) groups is 1. The van der Waals surface area contributed by atoms with Crippen molar-refractivity contribution in [2.75, 3.05) is 5.32 Å². The summed E-state index contributed by atoms with van der Waals surface area (Å²) in [6.45, 7) is 0.819. The lowest BCUT2D eigenvalue weighted by Crippen LogP contribution is -2.05. The number of halogens is 3. The van der Waals surface area contributed by atoms with E-state index in [-0.39, 0.29) is 5.56 Å². The summed E-state index contributed by atoms with van der Waals surface area (Å²) >= 11 is 15.6. The third-order valence-electron chi connectivity index (χ3n) is 4.01. The van der Waals surface area contributed by atoms with E-state index in [0.717, 1.165) is 21.3 Å². The molecule has 0 atom stereocenters. The third-order valence-corrected chi connectivity index (χ3v) is 5.09. The molecule has 0 spiro atoms. The molecule has 0 fully saturated rings. The molecule has 0 bridgehead atoms. The summed E-state index contributed by atoms with van der Waals surface area (Å²) in [5.74, 6) is -0.287. The molecule has 7 heteroatoms. The maximum Gasteiger partial charge on any atom is 0.335 e. The fourth-order valence-corrected chi connectivity index (χ4v) is 3.27. The molecular formula is C21H16BrCl2NO3. The molecule has 0 aliphatic heterocycles. The van der Waals surface area contributed by atoms with E-state index in [4.69, 9.17) is 33.0 Å². The Morgan fingerprint density at radius 3 is 2.50 bits per heavy atom. The van der Waals surface area contributed by atoms with Gasteiger partial charge in [0.25, 0.3) is 0 Å². The summed E-state index contributed by atoms with van der Waals surface area (Å²) in [6.07, 6.45) is 0. The van der Waals surface area contributed by atoms with Crippen molar-refractivity contribution in [3.05, 3.63) is 91.9 Å². The topological polar surface area (TPSA) is 58.6 Å². The molecule has 3 aromatic carbocycles. The predicted octanol–water partition coefficient (Wildman–Crippen LogP) is 6.65. The normalized spacial score (nSPS) is 10.5. The Kier molecular flexibility index (Phi) is 6.83. The molecule has 0 aliphatic carbocycles. The zero-order valence-corrected chi connectivity index (χ0v) is 17.7. The smallest absolute Gasteiger partial charge is 0.335 e. The van der Waals surface area contributed by atoms with Crippen LogP contribution in [0, 0.1) is 0 Å². The Balaban J connectivity index is 1.75.